The van der Waals surface area contributed by atoms with Crippen LogP contribution in [0.15, 0.2) is 54.6 Å². The summed E-state index contributed by atoms with van der Waals surface area (Å²) in [5.41, 5.74) is 2.43. The lowest BCUT2D eigenvalue weighted by molar-refractivity contribution is 0.168. The summed E-state index contributed by atoms with van der Waals surface area (Å²) < 4.78 is 5.51. The number of hydrogen-bond donors (Lipinski definition) is 2. The van der Waals surface area contributed by atoms with E-state index in [0.717, 1.165) is 49.7 Å². The highest BCUT2D eigenvalue weighted by atomic mass is 16.5. The van der Waals surface area contributed by atoms with Crippen LogP contribution in [0.2, 0.25) is 0 Å². The topological polar surface area (TPSA) is 61.8 Å². The van der Waals surface area contributed by atoms with Gasteiger partial charge in [0.05, 0.1) is 7.11 Å². The molecule has 4 rings (SSSR count). The summed E-state index contributed by atoms with van der Waals surface area (Å²) in [5.74, 6) is 2.50. The van der Waals surface area contributed by atoms with Gasteiger partial charge in [0.2, 0.25) is 0 Å². The lowest BCUT2D eigenvalue weighted by Crippen LogP contribution is -2.46. The van der Waals surface area contributed by atoms with Gasteiger partial charge < -0.3 is 20.1 Å². The van der Waals surface area contributed by atoms with Gasteiger partial charge in [0.1, 0.15) is 5.75 Å². The first kappa shape index (κ1) is 26.1. The van der Waals surface area contributed by atoms with Gasteiger partial charge in [-0.2, -0.15) is 0 Å². The number of benzene rings is 2. The molecule has 1 saturated carbocycles. The number of rotatable bonds is 7. The third-order valence-electron chi connectivity index (χ3n) is 7.19. The van der Waals surface area contributed by atoms with Gasteiger partial charge in [-0.3, -0.25) is 0 Å². The van der Waals surface area contributed by atoms with Crippen LogP contribution >= 0.6 is 0 Å². The molecule has 5 heteroatoms. The monoisotopic (exact) mass is 466 g/mol. The SMILES string of the molecule is CC1CCCCC1.COc1ccccc1C1CCN(C[C@@H](Cc2ccccc2)NC(=O)O)CC1. The number of piperidine rings is 1. The Kier molecular flexibility index (Phi) is 10.7. The van der Waals surface area contributed by atoms with Crippen molar-refractivity contribution in [2.45, 2.75) is 70.3 Å². The maximum Gasteiger partial charge on any atom is 0.404 e. The first-order chi connectivity index (χ1) is 16.5. The molecule has 1 amide bonds. The van der Waals surface area contributed by atoms with E-state index >= 15 is 0 Å². The molecule has 34 heavy (non-hydrogen) atoms. The summed E-state index contributed by atoms with van der Waals surface area (Å²) in [6.45, 7) is 5.03. The van der Waals surface area contributed by atoms with Crippen molar-refractivity contribution in [3.8, 4) is 5.75 Å². The molecule has 0 bridgehead atoms. The number of para-hydroxylation sites is 1. The molecule has 0 aromatic heterocycles. The molecule has 1 saturated heterocycles. The summed E-state index contributed by atoms with van der Waals surface area (Å²) in [6, 6.07) is 18.2. The molecule has 1 atom stereocenters. The van der Waals surface area contributed by atoms with Crippen molar-refractivity contribution in [1.29, 1.82) is 0 Å². The number of nitrogens with one attached hydrogen (secondary N) is 1. The van der Waals surface area contributed by atoms with Crippen molar-refractivity contribution >= 4 is 6.09 Å². The van der Waals surface area contributed by atoms with Gasteiger partial charge in [0, 0.05) is 12.6 Å². The van der Waals surface area contributed by atoms with Gasteiger partial charge in [-0.05, 0) is 61.4 Å². The molecule has 0 unspecified atom stereocenters. The Morgan fingerprint density at radius 1 is 1.00 bits per heavy atom. The van der Waals surface area contributed by atoms with Gasteiger partial charge >= 0.3 is 6.09 Å². The van der Waals surface area contributed by atoms with Crippen LogP contribution in [0.3, 0.4) is 0 Å². The highest BCUT2D eigenvalue weighted by molar-refractivity contribution is 5.64. The van der Waals surface area contributed by atoms with E-state index in [1.807, 2.05) is 42.5 Å². The highest BCUT2D eigenvalue weighted by Crippen LogP contribution is 2.34. The van der Waals surface area contributed by atoms with Gasteiger partial charge in [-0.15, -0.1) is 0 Å². The second-order valence-corrected chi connectivity index (χ2v) is 9.90. The van der Waals surface area contributed by atoms with E-state index in [-0.39, 0.29) is 6.04 Å². The van der Waals surface area contributed by atoms with E-state index < -0.39 is 6.09 Å². The van der Waals surface area contributed by atoms with E-state index in [9.17, 15) is 9.90 Å². The fraction of sp³-hybridized carbons (Fsp3) is 0.552. The summed E-state index contributed by atoms with van der Waals surface area (Å²) in [7, 11) is 1.72. The average Bonchev–Trinajstić information content (AvgIpc) is 2.85. The lowest BCUT2D eigenvalue weighted by atomic mass is 9.88. The predicted molar refractivity (Wildman–Crippen MR) is 139 cm³/mol. The van der Waals surface area contributed by atoms with Gasteiger partial charge in [0.15, 0.2) is 0 Å². The van der Waals surface area contributed by atoms with E-state index in [2.05, 4.69) is 29.3 Å². The quantitative estimate of drug-likeness (QED) is 0.500. The number of carboxylic acid groups (broad SMARTS) is 1. The van der Waals surface area contributed by atoms with Crippen molar-refractivity contribution in [3.05, 3.63) is 65.7 Å². The number of methoxy groups -OCH3 is 1. The molecule has 2 aliphatic rings. The van der Waals surface area contributed by atoms with Gasteiger partial charge in [-0.1, -0.05) is 87.6 Å². The predicted octanol–water partition coefficient (Wildman–Crippen LogP) is 6.34. The maximum atomic E-state index is 11.2. The van der Waals surface area contributed by atoms with Gasteiger partial charge in [0.25, 0.3) is 0 Å². The number of amides is 1. The average molecular weight is 467 g/mol. The molecule has 0 spiro atoms. The van der Waals surface area contributed by atoms with E-state index in [1.54, 1.807) is 7.11 Å². The van der Waals surface area contributed by atoms with Crippen LogP contribution in [-0.4, -0.2) is 48.9 Å². The van der Waals surface area contributed by atoms with Crippen LogP contribution in [0, 0.1) is 5.92 Å². The smallest absolute Gasteiger partial charge is 0.404 e. The Hall–Kier alpha value is -2.53. The van der Waals surface area contributed by atoms with Crippen LogP contribution in [0.4, 0.5) is 4.79 Å². The minimum Gasteiger partial charge on any atom is -0.496 e. The minimum atomic E-state index is -0.958. The molecule has 2 aromatic carbocycles. The fourth-order valence-electron chi connectivity index (χ4n) is 5.28. The molecule has 1 aliphatic carbocycles. The highest BCUT2D eigenvalue weighted by Gasteiger charge is 2.25. The van der Waals surface area contributed by atoms with Crippen molar-refractivity contribution in [1.82, 2.24) is 10.2 Å². The van der Waals surface area contributed by atoms with Crippen LogP contribution in [-0.2, 0) is 6.42 Å². The zero-order valence-corrected chi connectivity index (χ0v) is 20.9. The number of ether oxygens (including phenoxy) is 1. The molecule has 1 aliphatic heterocycles. The van der Waals surface area contributed by atoms with Crippen LogP contribution in [0.1, 0.15) is 68.9 Å². The second kappa shape index (κ2) is 14.0. The van der Waals surface area contributed by atoms with Crippen LogP contribution in [0.5, 0.6) is 5.75 Å². The molecule has 0 radical (unpaired) electrons. The van der Waals surface area contributed by atoms with Crippen molar-refractivity contribution in [3.63, 3.8) is 0 Å². The lowest BCUT2D eigenvalue weighted by Gasteiger charge is -2.34. The van der Waals surface area contributed by atoms with Crippen LogP contribution in [0.25, 0.3) is 0 Å². The first-order valence-corrected chi connectivity index (χ1v) is 12.9. The number of likely N-dealkylation sites (tertiary alicyclic amines) is 1. The largest absolute Gasteiger partial charge is 0.496 e. The van der Waals surface area contributed by atoms with Crippen LogP contribution < -0.4 is 10.1 Å². The zero-order valence-electron chi connectivity index (χ0n) is 20.9. The Bertz CT molecular complexity index is 843. The van der Waals surface area contributed by atoms with E-state index in [4.69, 9.17) is 4.74 Å². The van der Waals surface area contributed by atoms with Crippen molar-refractivity contribution < 1.29 is 14.6 Å². The molecule has 2 N–H and O–H groups in total. The molecule has 1 heterocycles. The summed E-state index contributed by atoms with van der Waals surface area (Å²) in [5, 5.41) is 11.9. The molecular formula is C29H42N2O3. The molecule has 2 aromatic rings. The van der Waals surface area contributed by atoms with E-state index in [0.29, 0.717) is 12.3 Å². The van der Waals surface area contributed by atoms with Gasteiger partial charge in [-0.25, -0.2) is 4.79 Å². The number of hydrogen-bond acceptors (Lipinski definition) is 3. The molecular weight excluding hydrogens is 424 g/mol. The van der Waals surface area contributed by atoms with E-state index in [1.165, 1.54) is 37.7 Å². The summed E-state index contributed by atoms with van der Waals surface area (Å²) >= 11 is 0. The molecule has 2 fully saturated rings. The third-order valence-corrected chi connectivity index (χ3v) is 7.19. The number of carbonyl (C=O) groups is 1. The summed E-state index contributed by atoms with van der Waals surface area (Å²) in [6.07, 6.45) is 9.31. The number of nitrogens with zero attached hydrogens (tertiary/aromatic N) is 1. The Morgan fingerprint density at radius 3 is 2.24 bits per heavy atom. The first-order valence-electron chi connectivity index (χ1n) is 12.9. The zero-order chi connectivity index (χ0) is 24.2. The fourth-order valence-corrected chi connectivity index (χ4v) is 5.28. The van der Waals surface area contributed by atoms with Crippen molar-refractivity contribution in [2.24, 2.45) is 5.92 Å². The third kappa shape index (κ3) is 8.68. The second-order valence-electron chi connectivity index (χ2n) is 9.90. The standard InChI is InChI=1S/C22H28N2O3.C7H14/c1-27-21-10-6-5-9-20(21)18-11-13-24(14-12-18)16-19(23-22(25)26)15-17-7-3-2-4-8-17;1-7-5-3-2-4-6-7/h2-10,18-19,23H,11-16H2,1H3,(H,25,26);7H,2-6H2,1H3/t19-;/m1./s1. The van der Waals surface area contributed by atoms with Crippen molar-refractivity contribution in [2.75, 3.05) is 26.7 Å². The Morgan fingerprint density at radius 2 is 1.65 bits per heavy atom. The maximum absolute atomic E-state index is 11.2. The molecule has 5 nitrogen and oxygen atoms in total. The Balaban J connectivity index is 0.000000396. The Labute approximate surface area is 205 Å². The minimum absolute atomic E-state index is 0.104. The summed E-state index contributed by atoms with van der Waals surface area (Å²) in [4.78, 5) is 13.6. The normalized spacial score (nSPS) is 18.4. The molecule has 186 valence electrons.